The molecule has 2 N–H and O–H groups in total. The first kappa shape index (κ1) is 17.6. The molecule has 4 rings (SSSR count). The highest BCUT2D eigenvalue weighted by Gasteiger charge is 2.36. The Morgan fingerprint density at radius 2 is 2.11 bits per heavy atom. The highest BCUT2D eigenvalue weighted by atomic mass is 16.2. The van der Waals surface area contributed by atoms with Gasteiger partial charge in [-0.25, -0.2) is 4.68 Å². The molecule has 0 radical (unpaired) electrons. The first-order valence-electron chi connectivity index (χ1n) is 9.19. The third-order valence-electron chi connectivity index (χ3n) is 5.53. The number of fused-ring (bicyclic) bond motifs is 1. The average Bonchev–Trinajstić information content (AvgIpc) is 3.04. The van der Waals surface area contributed by atoms with Gasteiger partial charge in [-0.2, -0.15) is 0 Å². The number of nitrogens with zero attached hydrogens (tertiary/aromatic N) is 5. The molecule has 140 valence electrons. The van der Waals surface area contributed by atoms with E-state index in [-0.39, 0.29) is 17.4 Å². The van der Waals surface area contributed by atoms with Crippen molar-refractivity contribution in [1.29, 1.82) is 0 Å². The molecule has 1 aliphatic rings. The van der Waals surface area contributed by atoms with Crippen LogP contribution in [0.15, 0.2) is 36.5 Å². The van der Waals surface area contributed by atoms with Crippen molar-refractivity contribution < 1.29 is 4.79 Å². The van der Waals surface area contributed by atoms with Crippen LogP contribution in [0.2, 0.25) is 0 Å². The lowest BCUT2D eigenvalue weighted by molar-refractivity contribution is 0.0526. The summed E-state index contributed by atoms with van der Waals surface area (Å²) in [5, 5.41) is 9.44. The zero-order chi connectivity index (χ0) is 19.2. The van der Waals surface area contributed by atoms with E-state index in [1.165, 1.54) is 0 Å². The van der Waals surface area contributed by atoms with E-state index in [0.717, 1.165) is 28.7 Å². The minimum atomic E-state index is -0.108. The summed E-state index contributed by atoms with van der Waals surface area (Å²) in [6, 6.07) is 9.89. The van der Waals surface area contributed by atoms with Crippen LogP contribution in [0, 0.1) is 12.3 Å². The first-order chi connectivity index (χ1) is 12.9. The number of pyridine rings is 1. The molecule has 1 aliphatic heterocycles. The molecule has 1 saturated heterocycles. The number of amides is 1. The third-order valence-corrected chi connectivity index (χ3v) is 5.53. The van der Waals surface area contributed by atoms with Crippen LogP contribution in [-0.4, -0.2) is 49.9 Å². The fourth-order valence-corrected chi connectivity index (χ4v) is 3.66. The molecule has 0 saturated carbocycles. The summed E-state index contributed by atoms with van der Waals surface area (Å²) in [5.74, 6) is -0.0822. The topological polar surface area (TPSA) is 89.9 Å². The Morgan fingerprint density at radius 3 is 2.89 bits per heavy atom. The molecule has 1 fully saturated rings. The number of benzene rings is 1. The van der Waals surface area contributed by atoms with Crippen molar-refractivity contribution in [2.75, 3.05) is 13.1 Å². The van der Waals surface area contributed by atoms with Gasteiger partial charge in [0.15, 0.2) is 5.69 Å². The Hall–Kier alpha value is -2.80. The second-order valence-corrected chi connectivity index (χ2v) is 7.93. The second-order valence-electron chi connectivity index (χ2n) is 7.93. The van der Waals surface area contributed by atoms with Gasteiger partial charge in [-0.15, -0.1) is 5.10 Å². The Kier molecular flexibility index (Phi) is 4.19. The predicted octanol–water partition coefficient (Wildman–Crippen LogP) is 2.32. The van der Waals surface area contributed by atoms with Gasteiger partial charge in [-0.3, -0.25) is 9.78 Å². The highest BCUT2D eigenvalue weighted by molar-refractivity contribution is 5.93. The number of hydrogen-bond acceptors (Lipinski definition) is 5. The van der Waals surface area contributed by atoms with Crippen LogP contribution in [-0.2, 0) is 0 Å². The van der Waals surface area contributed by atoms with Gasteiger partial charge in [0.2, 0.25) is 0 Å². The minimum Gasteiger partial charge on any atom is -0.337 e. The number of likely N-dealkylation sites (tertiary alicyclic amines) is 1. The van der Waals surface area contributed by atoms with Crippen molar-refractivity contribution >= 4 is 16.8 Å². The van der Waals surface area contributed by atoms with E-state index in [0.29, 0.717) is 18.8 Å². The molecule has 1 aromatic carbocycles. The lowest BCUT2D eigenvalue weighted by atomic mass is 9.79. The molecule has 0 aliphatic carbocycles. The smallest absolute Gasteiger partial charge is 0.276 e. The van der Waals surface area contributed by atoms with E-state index < -0.39 is 0 Å². The van der Waals surface area contributed by atoms with Gasteiger partial charge in [-0.05, 0) is 43.0 Å². The summed E-state index contributed by atoms with van der Waals surface area (Å²) in [6.07, 6.45) is 2.56. The number of rotatable bonds is 2. The fourth-order valence-electron chi connectivity index (χ4n) is 3.66. The number of carbonyl (C=O) groups excluding carboxylic acids is 1. The van der Waals surface area contributed by atoms with Crippen LogP contribution in [0.4, 0.5) is 0 Å². The Bertz CT molecular complexity index is 1010. The standard InChI is InChI=1S/C20H24N6O/c1-13-18(19(27)25-10-8-17(21)20(2,3)12-25)23-24-26(13)15-6-7-16-14(11-15)5-4-9-22-16/h4-7,9,11,17H,8,10,12,21H2,1-3H3. The van der Waals surface area contributed by atoms with E-state index in [1.54, 1.807) is 10.9 Å². The maximum Gasteiger partial charge on any atom is 0.276 e. The monoisotopic (exact) mass is 364 g/mol. The minimum absolute atomic E-state index is 0.0822. The lowest BCUT2D eigenvalue weighted by Gasteiger charge is -2.42. The van der Waals surface area contributed by atoms with Gasteiger partial charge >= 0.3 is 0 Å². The van der Waals surface area contributed by atoms with Gasteiger partial charge < -0.3 is 10.6 Å². The Labute approximate surface area is 158 Å². The largest absolute Gasteiger partial charge is 0.337 e. The molecule has 27 heavy (non-hydrogen) atoms. The number of aromatic nitrogens is 4. The number of hydrogen-bond donors (Lipinski definition) is 1. The van der Waals surface area contributed by atoms with Crippen molar-refractivity contribution in [1.82, 2.24) is 24.9 Å². The molecule has 1 amide bonds. The van der Waals surface area contributed by atoms with Gasteiger partial charge in [-0.1, -0.05) is 25.1 Å². The zero-order valence-electron chi connectivity index (χ0n) is 15.9. The molecule has 0 spiro atoms. The quantitative estimate of drug-likeness (QED) is 0.754. The van der Waals surface area contributed by atoms with E-state index in [2.05, 4.69) is 29.1 Å². The first-order valence-corrected chi connectivity index (χ1v) is 9.19. The lowest BCUT2D eigenvalue weighted by Crippen LogP contribution is -2.54. The Morgan fingerprint density at radius 1 is 1.30 bits per heavy atom. The summed E-state index contributed by atoms with van der Waals surface area (Å²) in [4.78, 5) is 19.2. The maximum atomic E-state index is 13.0. The van der Waals surface area contributed by atoms with Crippen molar-refractivity contribution in [3.8, 4) is 5.69 Å². The van der Waals surface area contributed by atoms with Crippen LogP contribution in [0.1, 0.15) is 36.5 Å². The molecule has 2 aromatic heterocycles. The number of piperidine rings is 1. The fraction of sp³-hybridized carbons (Fsp3) is 0.400. The molecule has 7 nitrogen and oxygen atoms in total. The average molecular weight is 364 g/mol. The normalized spacial score (nSPS) is 19.4. The van der Waals surface area contributed by atoms with Gasteiger partial charge in [0.25, 0.3) is 5.91 Å². The van der Waals surface area contributed by atoms with Crippen molar-refractivity contribution in [2.45, 2.75) is 33.2 Å². The molecular formula is C20H24N6O. The van der Waals surface area contributed by atoms with Gasteiger partial charge in [0.1, 0.15) is 0 Å². The third kappa shape index (κ3) is 3.08. The van der Waals surface area contributed by atoms with Gasteiger partial charge in [0.05, 0.1) is 16.9 Å². The summed E-state index contributed by atoms with van der Waals surface area (Å²) in [5.41, 5.74) is 8.99. The predicted molar refractivity (Wildman–Crippen MR) is 104 cm³/mol. The van der Waals surface area contributed by atoms with E-state index in [4.69, 9.17) is 5.73 Å². The van der Waals surface area contributed by atoms with Crippen LogP contribution in [0.3, 0.4) is 0 Å². The highest BCUT2D eigenvalue weighted by Crippen LogP contribution is 2.29. The van der Waals surface area contributed by atoms with Crippen LogP contribution >= 0.6 is 0 Å². The maximum absolute atomic E-state index is 13.0. The van der Waals surface area contributed by atoms with E-state index in [1.807, 2.05) is 42.2 Å². The molecule has 3 heterocycles. The zero-order valence-corrected chi connectivity index (χ0v) is 15.9. The van der Waals surface area contributed by atoms with Crippen LogP contribution in [0.5, 0.6) is 0 Å². The summed E-state index contributed by atoms with van der Waals surface area (Å²) < 4.78 is 1.71. The van der Waals surface area contributed by atoms with Crippen LogP contribution in [0.25, 0.3) is 16.6 Å². The summed E-state index contributed by atoms with van der Waals surface area (Å²) in [7, 11) is 0. The summed E-state index contributed by atoms with van der Waals surface area (Å²) in [6.45, 7) is 7.35. The van der Waals surface area contributed by atoms with Crippen LogP contribution < -0.4 is 5.73 Å². The number of carbonyl (C=O) groups is 1. The molecule has 3 aromatic rings. The SMILES string of the molecule is Cc1c(C(=O)N2CCC(N)C(C)(C)C2)nnn1-c1ccc2ncccc2c1. The van der Waals surface area contributed by atoms with E-state index >= 15 is 0 Å². The summed E-state index contributed by atoms with van der Waals surface area (Å²) >= 11 is 0. The van der Waals surface area contributed by atoms with Gasteiger partial charge in [0, 0.05) is 30.7 Å². The van der Waals surface area contributed by atoms with Crippen molar-refractivity contribution in [3.63, 3.8) is 0 Å². The van der Waals surface area contributed by atoms with Crippen molar-refractivity contribution in [3.05, 3.63) is 47.9 Å². The second kappa shape index (κ2) is 6.42. The molecule has 1 atom stereocenters. The Balaban J connectivity index is 1.64. The molecule has 1 unspecified atom stereocenters. The number of nitrogens with two attached hydrogens (primary N) is 1. The van der Waals surface area contributed by atoms with E-state index in [9.17, 15) is 4.79 Å². The molecular weight excluding hydrogens is 340 g/mol. The molecule has 0 bridgehead atoms. The molecule has 7 heteroatoms. The van der Waals surface area contributed by atoms with Crippen molar-refractivity contribution in [2.24, 2.45) is 11.1 Å².